The van der Waals surface area contributed by atoms with E-state index in [1.54, 1.807) is 0 Å². The molecule has 0 saturated heterocycles. The quantitative estimate of drug-likeness (QED) is 0.282. The van der Waals surface area contributed by atoms with Gasteiger partial charge >= 0.3 is 0 Å². The first-order valence-corrected chi connectivity index (χ1v) is 10.6. The van der Waals surface area contributed by atoms with Crippen LogP contribution in [0.2, 0.25) is 6.04 Å². The second kappa shape index (κ2) is 19.1. The van der Waals surface area contributed by atoms with E-state index in [9.17, 15) is 0 Å². The first-order chi connectivity index (χ1) is 9.91. The molecule has 20 heavy (non-hydrogen) atoms. The van der Waals surface area contributed by atoms with E-state index in [0.29, 0.717) is 0 Å². The normalized spacial score (nSPS) is 11.7. The Morgan fingerprint density at radius 1 is 0.650 bits per heavy atom. The van der Waals surface area contributed by atoms with Crippen molar-refractivity contribution in [1.29, 1.82) is 0 Å². The zero-order valence-corrected chi connectivity index (χ0v) is 15.5. The zero-order chi connectivity index (χ0) is 14.7. The van der Waals surface area contributed by atoms with Crippen molar-refractivity contribution in [3.63, 3.8) is 0 Å². The van der Waals surface area contributed by atoms with E-state index in [-0.39, 0.29) is 9.76 Å². The molecule has 0 aromatic rings. The van der Waals surface area contributed by atoms with Gasteiger partial charge < -0.3 is 9.16 Å². The summed E-state index contributed by atoms with van der Waals surface area (Å²) < 4.78 is 10.9. The molecule has 2 nitrogen and oxygen atoms in total. The summed E-state index contributed by atoms with van der Waals surface area (Å²) in [5, 5.41) is 0. The van der Waals surface area contributed by atoms with Gasteiger partial charge in [-0.1, -0.05) is 77.6 Å². The Balaban J connectivity index is 2.89. The van der Waals surface area contributed by atoms with Crippen LogP contribution in [0.3, 0.4) is 0 Å². The van der Waals surface area contributed by atoms with Crippen LogP contribution in [0.1, 0.15) is 84.5 Å². The first-order valence-electron chi connectivity index (χ1n) is 9.07. The summed E-state index contributed by atoms with van der Waals surface area (Å²) in [6.45, 7) is 6.72. The summed E-state index contributed by atoms with van der Waals surface area (Å²) in [6, 6.07) is 1.35. The minimum atomic E-state index is -0.253. The Bertz CT molecular complexity index is 147. The fourth-order valence-electron chi connectivity index (χ4n) is 2.41. The van der Waals surface area contributed by atoms with Crippen molar-refractivity contribution in [1.82, 2.24) is 0 Å². The summed E-state index contributed by atoms with van der Waals surface area (Å²) in [5.74, 6) is 0. The van der Waals surface area contributed by atoms with Crippen molar-refractivity contribution in [2.24, 2.45) is 0 Å². The Hall–Kier alpha value is 0.137. The lowest BCUT2D eigenvalue weighted by Crippen LogP contribution is -2.06. The van der Waals surface area contributed by atoms with Gasteiger partial charge in [0.15, 0.2) is 9.76 Å². The summed E-state index contributed by atoms with van der Waals surface area (Å²) >= 11 is 0. The molecular weight excluding hydrogens is 264 g/mol. The molecule has 0 saturated carbocycles. The monoisotopic (exact) mass is 302 g/mol. The molecule has 0 heterocycles. The lowest BCUT2D eigenvalue weighted by Gasteiger charge is -2.04. The highest BCUT2D eigenvalue weighted by Gasteiger charge is 1.94. The van der Waals surface area contributed by atoms with Gasteiger partial charge in [0.1, 0.15) is 0 Å². The van der Waals surface area contributed by atoms with Crippen LogP contribution in [0.5, 0.6) is 0 Å². The van der Waals surface area contributed by atoms with Gasteiger partial charge in [-0.25, -0.2) is 0 Å². The van der Waals surface area contributed by atoms with E-state index in [4.69, 9.17) is 9.16 Å². The topological polar surface area (TPSA) is 18.5 Å². The van der Waals surface area contributed by atoms with Gasteiger partial charge in [0.2, 0.25) is 0 Å². The van der Waals surface area contributed by atoms with Crippen LogP contribution in [0, 0.1) is 0 Å². The van der Waals surface area contributed by atoms with Crippen LogP contribution < -0.4 is 0 Å². The van der Waals surface area contributed by atoms with Crippen molar-refractivity contribution in [2.45, 2.75) is 90.5 Å². The maximum atomic E-state index is 5.64. The second-order valence-electron chi connectivity index (χ2n) is 5.70. The van der Waals surface area contributed by atoms with Crippen LogP contribution >= 0.6 is 0 Å². The largest absolute Gasteiger partial charge is 0.422 e. The first kappa shape index (κ1) is 20.1. The summed E-state index contributed by atoms with van der Waals surface area (Å²) in [4.78, 5) is 0. The molecule has 0 fully saturated rings. The van der Waals surface area contributed by atoms with Gasteiger partial charge in [0.05, 0.1) is 13.2 Å². The molecular formula is C17H38O2Si. The summed E-state index contributed by atoms with van der Waals surface area (Å²) in [5.41, 5.74) is 0. The standard InChI is InChI=1S/C17H38O2Si/c1-3-5-6-7-8-9-10-11-12-13-14-17-20-19-16-15-18-4-2/h3-17,20H2,1-2H3. The van der Waals surface area contributed by atoms with Crippen LogP contribution in [0.15, 0.2) is 0 Å². The third kappa shape index (κ3) is 18.1. The van der Waals surface area contributed by atoms with Crippen molar-refractivity contribution >= 4 is 9.76 Å². The van der Waals surface area contributed by atoms with Crippen molar-refractivity contribution in [3.8, 4) is 0 Å². The van der Waals surface area contributed by atoms with Crippen molar-refractivity contribution in [2.75, 3.05) is 19.8 Å². The van der Waals surface area contributed by atoms with Crippen LogP contribution in [-0.2, 0) is 9.16 Å². The van der Waals surface area contributed by atoms with Crippen molar-refractivity contribution < 1.29 is 9.16 Å². The minimum Gasteiger partial charge on any atom is -0.422 e. The number of unbranched alkanes of at least 4 members (excludes halogenated alkanes) is 10. The molecule has 0 bridgehead atoms. The average Bonchev–Trinajstić information content (AvgIpc) is 2.47. The Morgan fingerprint density at radius 2 is 1.20 bits per heavy atom. The highest BCUT2D eigenvalue weighted by atomic mass is 28.2. The molecule has 0 N–H and O–H groups in total. The number of hydrogen-bond acceptors (Lipinski definition) is 2. The lowest BCUT2D eigenvalue weighted by atomic mass is 10.1. The molecule has 0 rings (SSSR count). The van der Waals surface area contributed by atoms with Gasteiger partial charge in [0.25, 0.3) is 0 Å². The molecule has 0 amide bonds. The molecule has 0 aromatic carbocycles. The zero-order valence-electron chi connectivity index (χ0n) is 14.1. The molecule has 0 spiro atoms. The van der Waals surface area contributed by atoms with Crippen LogP contribution in [0.4, 0.5) is 0 Å². The molecule has 0 unspecified atom stereocenters. The molecule has 0 aliphatic rings. The lowest BCUT2D eigenvalue weighted by molar-refractivity contribution is 0.112. The summed E-state index contributed by atoms with van der Waals surface area (Å²) in [7, 11) is -0.253. The fraction of sp³-hybridized carbons (Fsp3) is 1.00. The number of hydrogen-bond donors (Lipinski definition) is 0. The SMILES string of the molecule is CCCCCCCCCCCCC[SiH2]OCCOCC. The average molecular weight is 303 g/mol. The molecule has 0 radical (unpaired) electrons. The van der Waals surface area contributed by atoms with Gasteiger partial charge in [-0.3, -0.25) is 0 Å². The van der Waals surface area contributed by atoms with E-state index in [1.807, 2.05) is 6.92 Å². The van der Waals surface area contributed by atoms with Gasteiger partial charge in [-0.2, -0.15) is 0 Å². The van der Waals surface area contributed by atoms with Crippen molar-refractivity contribution in [3.05, 3.63) is 0 Å². The predicted molar refractivity (Wildman–Crippen MR) is 92.3 cm³/mol. The maximum absolute atomic E-state index is 5.64. The summed E-state index contributed by atoms with van der Waals surface area (Å²) in [6.07, 6.45) is 15.7. The fourth-order valence-corrected chi connectivity index (χ4v) is 3.49. The Kier molecular flexibility index (Phi) is 19.3. The highest BCUT2D eigenvalue weighted by molar-refractivity contribution is 6.26. The third-order valence-corrected chi connectivity index (χ3v) is 5.08. The molecule has 0 aromatic heterocycles. The van der Waals surface area contributed by atoms with E-state index >= 15 is 0 Å². The van der Waals surface area contributed by atoms with Gasteiger partial charge in [-0.15, -0.1) is 0 Å². The van der Waals surface area contributed by atoms with E-state index in [1.165, 1.54) is 76.7 Å². The van der Waals surface area contributed by atoms with Crippen LogP contribution in [0.25, 0.3) is 0 Å². The molecule has 0 aliphatic carbocycles. The second-order valence-corrected chi connectivity index (χ2v) is 7.22. The highest BCUT2D eigenvalue weighted by Crippen LogP contribution is 2.11. The molecule has 0 atom stereocenters. The smallest absolute Gasteiger partial charge is 0.161 e. The third-order valence-electron chi connectivity index (χ3n) is 3.72. The van der Waals surface area contributed by atoms with Gasteiger partial charge in [0, 0.05) is 6.61 Å². The maximum Gasteiger partial charge on any atom is 0.161 e. The Labute approximate surface area is 130 Å². The van der Waals surface area contributed by atoms with E-state index < -0.39 is 0 Å². The minimum absolute atomic E-state index is 0.253. The van der Waals surface area contributed by atoms with Gasteiger partial charge in [-0.05, 0) is 13.0 Å². The molecule has 0 aliphatic heterocycles. The van der Waals surface area contributed by atoms with E-state index in [0.717, 1.165) is 19.8 Å². The number of rotatable bonds is 17. The number of ether oxygens (including phenoxy) is 1. The predicted octanol–water partition coefficient (Wildman–Crippen LogP) is 4.85. The molecule has 3 heteroatoms. The molecule has 122 valence electrons. The van der Waals surface area contributed by atoms with E-state index in [2.05, 4.69) is 6.92 Å². The Morgan fingerprint density at radius 3 is 1.75 bits per heavy atom. The van der Waals surface area contributed by atoms with Crippen LogP contribution in [-0.4, -0.2) is 29.6 Å².